The number of carbonyl (C=O) groups is 1. The zero-order valence-corrected chi connectivity index (χ0v) is 9.77. The maximum Gasteiger partial charge on any atom is 0.251 e. The molecule has 1 aliphatic rings. The van der Waals surface area contributed by atoms with E-state index in [9.17, 15) is 4.79 Å². The summed E-state index contributed by atoms with van der Waals surface area (Å²) >= 11 is 7.70. The smallest absolute Gasteiger partial charge is 0.251 e. The molecule has 1 aliphatic heterocycles. The summed E-state index contributed by atoms with van der Waals surface area (Å²) in [5.74, 6) is 2.14. The van der Waals surface area contributed by atoms with E-state index in [0.717, 1.165) is 17.9 Å². The van der Waals surface area contributed by atoms with Crippen molar-refractivity contribution in [2.75, 3.05) is 11.5 Å². The molecule has 1 heterocycles. The number of nitrogens with one attached hydrogen (secondary N) is 1. The van der Waals surface area contributed by atoms with E-state index in [1.807, 2.05) is 11.8 Å². The monoisotopic (exact) mass is 241 g/mol. The minimum absolute atomic E-state index is 0.0231. The third-order valence-corrected chi connectivity index (χ3v) is 3.75. The lowest BCUT2D eigenvalue weighted by Gasteiger charge is -2.11. The fourth-order valence-electron chi connectivity index (χ4n) is 1.55. The Morgan fingerprint density at radius 2 is 2.40 bits per heavy atom. The first-order valence-corrected chi connectivity index (χ1v) is 6.43. The summed E-state index contributed by atoms with van der Waals surface area (Å²) < 4.78 is 0. The summed E-state index contributed by atoms with van der Waals surface area (Å²) in [6.07, 6.45) is 1.07. The molecule has 15 heavy (non-hydrogen) atoms. The molecule has 0 saturated carbocycles. The van der Waals surface area contributed by atoms with Crippen molar-refractivity contribution in [2.45, 2.75) is 12.5 Å². The fourth-order valence-corrected chi connectivity index (χ4v) is 2.89. The van der Waals surface area contributed by atoms with Gasteiger partial charge in [0.1, 0.15) is 0 Å². The predicted octanol–water partition coefficient (Wildman–Crippen LogP) is 2.58. The summed E-state index contributed by atoms with van der Waals surface area (Å²) in [6, 6.07) is 7.36. The molecule has 1 atom stereocenters. The van der Waals surface area contributed by atoms with Gasteiger partial charge < -0.3 is 5.32 Å². The van der Waals surface area contributed by atoms with E-state index in [4.69, 9.17) is 11.6 Å². The molecule has 1 aromatic carbocycles. The molecule has 0 unspecified atom stereocenters. The van der Waals surface area contributed by atoms with Crippen LogP contribution in [0.15, 0.2) is 24.3 Å². The van der Waals surface area contributed by atoms with Gasteiger partial charge >= 0.3 is 0 Å². The lowest BCUT2D eigenvalue weighted by Crippen LogP contribution is -2.34. The molecule has 0 radical (unpaired) electrons. The minimum Gasteiger partial charge on any atom is -0.348 e. The third-order valence-electron chi connectivity index (χ3n) is 2.35. The number of hydrogen-bond acceptors (Lipinski definition) is 2. The highest BCUT2D eigenvalue weighted by Gasteiger charge is 2.18. The fraction of sp³-hybridized carbons (Fsp3) is 0.364. The average molecular weight is 242 g/mol. The Balaban J connectivity index is 2.01. The molecule has 1 saturated heterocycles. The van der Waals surface area contributed by atoms with E-state index in [0.29, 0.717) is 16.6 Å². The molecule has 1 amide bonds. The van der Waals surface area contributed by atoms with Crippen LogP contribution in [0.1, 0.15) is 16.8 Å². The largest absolute Gasteiger partial charge is 0.348 e. The Labute approximate surface area is 98.4 Å². The van der Waals surface area contributed by atoms with Crippen LogP contribution in [0.2, 0.25) is 5.02 Å². The van der Waals surface area contributed by atoms with Crippen LogP contribution in [0, 0.1) is 0 Å². The second-order valence-corrected chi connectivity index (χ2v) is 5.13. The molecule has 2 nitrogen and oxygen atoms in total. The molecule has 0 bridgehead atoms. The highest BCUT2D eigenvalue weighted by Crippen LogP contribution is 2.18. The Morgan fingerprint density at radius 3 is 3.07 bits per heavy atom. The summed E-state index contributed by atoms with van der Waals surface area (Å²) in [5.41, 5.74) is 0.638. The molecule has 2 rings (SSSR count). The first-order valence-electron chi connectivity index (χ1n) is 4.90. The van der Waals surface area contributed by atoms with Gasteiger partial charge in [-0.25, -0.2) is 0 Å². The standard InChI is InChI=1S/C11H12ClNOS/c12-9-3-1-2-8(6-9)11(14)13-10-4-5-15-7-10/h1-3,6,10H,4-5,7H2,(H,13,14)/t10-/m0/s1. The van der Waals surface area contributed by atoms with Gasteiger partial charge in [-0.3, -0.25) is 4.79 Å². The quantitative estimate of drug-likeness (QED) is 0.862. The van der Waals surface area contributed by atoms with Crippen LogP contribution < -0.4 is 5.32 Å². The van der Waals surface area contributed by atoms with Gasteiger partial charge in [-0.2, -0.15) is 11.8 Å². The molecule has 0 aromatic heterocycles. The number of thioether (sulfide) groups is 1. The van der Waals surface area contributed by atoms with Crippen molar-refractivity contribution in [3.05, 3.63) is 34.9 Å². The van der Waals surface area contributed by atoms with Gasteiger partial charge in [-0.1, -0.05) is 17.7 Å². The highest BCUT2D eigenvalue weighted by molar-refractivity contribution is 7.99. The van der Waals surface area contributed by atoms with Gasteiger partial charge in [0.05, 0.1) is 0 Å². The van der Waals surface area contributed by atoms with Crippen molar-refractivity contribution in [1.29, 1.82) is 0 Å². The molecule has 1 N–H and O–H groups in total. The van der Waals surface area contributed by atoms with Crippen LogP contribution in [0.3, 0.4) is 0 Å². The first-order chi connectivity index (χ1) is 7.25. The third kappa shape index (κ3) is 2.89. The lowest BCUT2D eigenvalue weighted by molar-refractivity contribution is 0.0941. The molecule has 0 aliphatic carbocycles. The van der Waals surface area contributed by atoms with Crippen LogP contribution in [0.5, 0.6) is 0 Å². The summed E-state index contributed by atoms with van der Waals surface area (Å²) in [6.45, 7) is 0. The molecular formula is C11H12ClNOS. The van der Waals surface area contributed by atoms with Crippen molar-refractivity contribution in [3.8, 4) is 0 Å². The van der Waals surface area contributed by atoms with Crippen LogP contribution >= 0.6 is 23.4 Å². The zero-order valence-electron chi connectivity index (χ0n) is 8.20. The number of rotatable bonds is 2. The first kappa shape index (κ1) is 10.8. The van der Waals surface area contributed by atoms with E-state index in [-0.39, 0.29) is 5.91 Å². The van der Waals surface area contributed by atoms with Gasteiger partial charge in [-0.05, 0) is 30.4 Å². The summed E-state index contributed by atoms with van der Waals surface area (Å²) in [4.78, 5) is 11.8. The summed E-state index contributed by atoms with van der Waals surface area (Å²) in [7, 11) is 0. The molecule has 0 spiro atoms. The van der Waals surface area contributed by atoms with Crippen LogP contribution in [0.25, 0.3) is 0 Å². The number of benzene rings is 1. The number of carbonyl (C=O) groups excluding carboxylic acids is 1. The van der Waals surface area contributed by atoms with Crippen LogP contribution in [-0.2, 0) is 0 Å². The molecule has 80 valence electrons. The maximum absolute atomic E-state index is 11.8. The predicted molar refractivity (Wildman–Crippen MR) is 64.6 cm³/mol. The molecule has 1 fully saturated rings. The normalized spacial score (nSPS) is 20.2. The van der Waals surface area contributed by atoms with Gasteiger partial charge in [0, 0.05) is 22.4 Å². The van der Waals surface area contributed by atoms with Gasteiger partial charge in [0.25, 0.3) is 5.91 Å². The Morgan fingerprint density at radius 1 is 1.53 bits per heavy atom. The molecular weight excluding hydrogens is 230 g/mol. The second-order valence-electron chi connectivity index (χ2n) is 3.54. The van der Waals surface area contributed by atoms with E-state index < -0.39 is 0 Å². The van der Waals surface area contributed by atoms with Crippen molar-refractivity contribution in [3.63, 3.8) is 0 Å². The minimum atomic E-state index is -0.0231. The topological polar surface area (TPSA) is 29.1 Å². The van der Waals surface area contributed by atoms with Gasteiger partial charge in [0.15, 0.2) is 0 Å². The van der Waals surface area contributed by atoms with E-state index >= 15 is 0 Å². The second kappa shape index (κ2) is 4.90. The van der Waals surface area contributed by atoms with E-state index in [1.165, 1.54) is 0 Å². The van der Waals surface area contributed by atoms with Crippen LogP contribution in [0.4, 0.5) is 0 Å². The van der Waals surface area contributed by atoms with Crippen molar-refractivity contribution in [2.24, 2.45) is 0 Å². The van der Waals surface area contributed by atoms with E-state index in [2.05, 4.69) is 5.32 Å². The highest BCUT2D eigenvalue weighted by atomic mass is 35.5. The lowest BCUT2D eigenvalue weighted by atomic mass is 10.2. The number of hydrogen-bond donors (Lipinski definition) is 1. The Bertz CT molecular complexity index is 363. The SMILES string of the molecule is O=C(N[C@H]1CCSC1)c1cccc(Cl)c1. The summed E-state index contributed by atoms with van der Waals surface area (Å²) in [5, 5.41) is 3.60. The van der Waals surface area contributed by atoms with Crippen molar-refractivity contribution in [1.82, 2.24) is 5.32 Å². The average Bonchev–Trinajstić information content (AvgIpc) is 2.70. The van der Waals surface area contributed by atoms with Gasteiger partial charge in [0.2, 0.25) is 0 Å². The van der Waals surface area contributed by atoms with E-state index in [1.54, 1.807) is 24.3 Å². The number of amides is 1. The van der Waals surface area contributed by atoms with Crippen molar-refractivity contribution >= 4 is 29.3 Å². The Kier molecular flexibility index (Phi) is 3.54. The molecule has 1 aromatic rings. The van der Waals surface area contributed by atoms with Crippen molar-refractivity contribution < 1.29 is 4.79 Å². The molecule has 4 heteroatoms. The number of halogens is 1. The Hall–Kier alpha value is -0.670. The maximum atomic E-state index is 11.8. The van der Waals surface area contributed by atoms with Crippen LogP contribution in [-0.4, -0.2) is 23.5 Å². The van der Waals surface area contributed by atoms with Gasteiger partial charge in [-0.15, -0.1) is 0 Å². The zero-order chi connectivity index (χ0) is 10.7.